The molecule has 2 aliphatic rings. The normalized spacial score (nSPS) is 29.3. The average Bonchev–Trinajstić information content (AvgIpc) is 2.64. The maximum Gasteiger partial charge on any atom is 0.282 e. The topological polar surface area (TPSA) is 66.6 Å². The van der Waals surface area contributed by atoms with Crippen molar-refractivity contribution in [3.63, 3.8) is 0 Å². The summed E-state index contributed by atoms with van der Waals surface area (Å²) >= 11 is 0. The zero-order valence-corrected chi connectivity index (χ0v) is 12.7. The molecule has 112 valence electrons. The minimum absolute atomic E-state index is 0.00755. The molecule has 0 saturated carbocycles. The lowest BCUT2D eigenvalue weighted by atomic mass is 10.0. The molecule has 0 aromatic heterocycles. The number of hydrogen-bond acceptors (Lipinski definition) is 3. The van der Waals surface area contributed by atoms with Gasteiger partial charge in [-0.15, -0.1) is 0 Å². The first-order valence-corrected chi connectivity index (χ1v) is 8.92. The number of piperidine rings is 1. The van der Waals surface area contributed by atoms with Crippen LogP contribution >= 0.6 is 0 Å². The Morgan fingerprint density at radius 2 is 1.74 bits per heavy atom. The molecule has 2 rings (SSSR count). The van der Waals surface area contributed by atoms with Gasteiger partial charge >= 0.3 is 0 Å². The van der Waals surface area contributed by atoms with Crippen LogP contribution in [0.5, 0.6) is 0 Å². The van der Waals surface area contributed by atoms with Crippen molar-refractivity contribution < 1.29 is 8.42 Å². The lowest BCUT2D eigenvalue weighted by Crippen LogP contribution is -2.52. The Hall–Kier alpha value is -0.170. The predicted octanol–water partition coefficient (Wildman–Crippen LogP) is 1.17. The molecule has 19 heavy (non-hydrogen) atoms. The third-order valence-electron chi connectivity index (χ3n) is 4.46. The fourth-order valence-electron chi connectivity index (χ4n) is 3.05. The summed E-state index contributed by atoms with van der Waals surface area (Å²) in [6.45, 7) is 4.59. The SMILES string of the molecule is CC1CCN(S(=O)(=O)N2CCCCCC2CN)CC1. The smallest absolute Gasteiger partial charge is 0.282 e. The van der Waals surface area contributed by atoms with Crippen molar-refractivity contribution >= 4 is 10.2 Å². The highest BCUT2D eigenvalue weighted by Crippen LogP contribution is 2.25. The molecule has 2 fully saturated rings. The minimum atomic E-state index is -3.31. The second-order valence-electron chi connectivity index (χ2n) is 5.94. The summed E-state index contributed by atoms with van der Waals surface area (Å²) in [7, 11) is -3.31. The summed E-state index contributed by atoms with van der Waals surface area (Å²) in [4.78, 5) is 0. The quantitative estimate of drug-likeness (QED) is 0.848. The highest BCUT2D eigenvalue weighted by molar-refractivity contribution is 7.86. The lowest BCUT2D eigenvalue weighted by molar-refractivity contribution is 0.246. The van der Waals surface area contributed by atoms with Gasteiger partial charge in [-0.2, -0.15) is 17.0 Å². The third-order valence-corrected chi connectivity index (χ3v) is 6.55. The number of hydrogen-bond donors (Lipinski definition) is 1. The third kappa shape index (κ3) is 3.48. The van der Waals surface area contributed by atoms with E-state index in [0.717, 1.165) is 38.5 Å². The van der Waals surface area contributed by atoms with E-state index in [-0.39, 0.29) is 6.04 Å². The zero-order chi connectivity index (χ0) is 13.9. The molecule has 2 heterocycles. The Kier molecular flexibility index (Phi) is 5.22. The maximum absolute atomic E-state index is 12.8. The molecule has 1 atom stereocenters. The summed E-state index contributed by atoms with van der Waals surface area (Å²) in [5.74, 6) is 0.640. The van der Waals surface area contributed by atoms with Crippen LogP contribution in [0.25, 0.3) is 0 Å². The molecule has 0 amide bonds. The van der Waals surface area contributed by atoms with Gasteiger partial charge < -0.3 is 5.73 Å². The fraction of sp³-hybridized carbons (Fsp3) is 1.00. The van der Waals surface area contributed by atoms with Crippen LogP contribution in [0.15, 0.2) is 0 Å². The Balaban J connectivity index is 2.12. The van der Waals surface area contributed by atoms with Crippen LogP contribution in [0.2, 0.25) is 0 Å². The van der Waals surface area contributed by atoms with E-state index in [1.165, 1.54) is 0 Å². The molecule has 2 N–H and O–H groups in total. The Morgan fingerprint density at radius 1 is 1.05 bits per heavy atom. The van der Waals surface area contributed by atoms with E-state index in [9.17, 15) is 8.42 Å². The largest absolute Gasteiger partial charge is 0.329 e. The highest BCUT2D eigenvalue weighted by Gasteiger charge is 2.36. The van der Waals surface area contributed by atoms with Crippen LogP contribution in [-0.2, 0) is 10.2 Å². The molecule has 0 aromatic carbocycles. The fourth-order valence-corrected chi connectivity index (χ4v) is 4.95. The van der Waals surface area contributed by atoms with Crippen molar-refractivity contribution in [1.29, 1.82) is 0 Å². The molecular weight excluding hydrogens is 262 g/mol. The van der Waals surface area contributed by atoms with Gasteiger partial charge in [0.05, 0.1) is 0 Å². The van der Waals surface area contributed by atoms with Crippen molar-refractivity contribution in [3.8, 4) is 0 Å². The molecule has 5 nitrogen and oxygen atoms in total. The van der Waals surface area contributed by atoms with Crippen LogP contribution in [-0.4, -0.2) is 49.2 Å². The van der Waals surface area contributed by atoms with Gasteiger partial charge in [0.1, 0.15) is 0 Å². The molecule has 0 radical (unpaired) electrons. The average molecular weight is 289 g/mol. The van der Waals surface area contributed by atoms with Gasteiger partial charge in [0.25, 0.3) is 10.2 Å². The van der Waals surface area contributed by atoms with Crippen molar-refractivity contribution in [2.75, 3.05) is 26.2 Å². The number of nitrogens with two attached hydrogens (primary N) is 1. The summed E-state index contributed by atoms with van der Waals surface area (Å²) in [5, 5.41) is 0. The molecule has 2 aliphatic heterocycles. The van der Waals surface area contributed by atoms with E-state index in [4.69, 9.17) is 5.73 Å². The van der Waals surface area contributed by atoms with Crippen molar-refractivity contribution in [2.24, 2.45) is 11.7 Å². The van der Waals surface area contributed by atoms with E-state index in [2.05, 4.69) is 6.92 Å². The molecule has 0 bridgehead atoms. The maximum atomic E-state index is 12.8. The molecule has 0 aliphatic carbocycles. The molecule has 2 saturated heterocycles. The van der Waals surface area contributed by atoms with Crippen molar-refractivity contribution in [3.05, 3.63) is 0 Å². The van der Waals surface area contributed by atoms with E-state index in [1.807, 2.05) is 0 Å². The summed E-state index contributed by atoms with van der Waals surface area (Å²) in [6.07, 6.45) is 6.01. The van der Waals surface area contributed by atoms with E-state index in [1.54, 1.807) is 8.61 Å². The monoisotopic (exact) mass is 289 g/mol. The molecule has 6 heteroatoms. The van der Waals surface area contributed by atoms with Gasteiger partial charge in [-0.3, -0.25) is 0 Å². The predicted molar refractivity (Wildman–Crippen MR) is 76.9 cm³/mol. The van der Waals surface area contributed by atoms with Crippen LogP contribution in [0.4, 0.5) is 0 Å². The van der Waals surface area contributed by atoms with E-state index < -0.39 is 10.2 Å². The molecular formula is C13H27N3O2S. The van der Waals surface area contributed by atoms with E-state index >= 15 is 0 Å². The van der Waals surface area contributed by atoms with Gasteiger partial charge in [-0.25, -0.2) is 0 Å². The first-order chi connectivity index (χ1) is 9.05. The summed E-state index contributed by atoms with van der Waals surface area (Å²) in [6, 6.07) is -0.00755. The Labute approximate surface area is 117 Å². The summed E-state index contributed by atoms with van der Waals surface area (Å²) < 4.78 is 28.9. The second-order valence-corrected chi connectivity index (χ2v) is 7.82. The van der Waals surface area contributed by atoms with Crippen molar-refractivity contribution in [2.45, 2.75) is 51.5 Å². The van der Waals surface area contributed by atoms with Crippen LogP contribution < -0.4 is 5.73 Å². The van der Waals surface area contributed by atoms with Gasteiger partial charge in [-0.05, 0) is 31.6 Å². The second kappa shape index (κ2) is 6.52. The van der Waals surface area contributed by atoms with Gasteiger partial charge in [-0.1, -0.05) is 19.8 Å². The Morgan fingerprint density at radius 3 is 2.37 bits per heavy atom. The lowest BCUT2D eigenvalue weighted by Gasteiger charge is -2.36. The zero-order valence-electron chi connectivity index (χ0n) is 11.9. The number of nitrogens with zero attached hydrogens (tertiary/aromatic N) is 2. The van der Waals surface area contributed by atoms with Gasteiger partial charge in [0, 0.05) is 32.2 Å². The van der Waals surface area contributed by atoms with Crippen LogP contribution in [0.1, 0.15) is 45.4 Å². The van der Waals surface area contributed by atoms with Crippen LogP contribution in [0.3, 0.4) is 0 Å². The highest BCUT2D eigenvalue weighted by atomic mass is 32.2. The van der Waals surface area contributed by atoms with E-state index in [0.29, 0.717) is 32.1 Å². The molecule has 0 spiro atoms. The number of rotatable bonds is 3. The molecule has 0 aromatic rings. The summed E-state index contributed by atoms with van der Waals surface area (Å²) in [5.41, 5.74) is 5.79. The first kappa shape index (κ1) is 15.2. The molecule has 1 unspecified atom stereocenters. The first-order valence-electron chi connectivity index (χ1n) is 7.52. The van der Waals surface area contributed by atoms with Gasteiger partial charge in [0.2, 0.25) is 0 Å². The Bertz CT molecular complexity index is 377. The van der Waals surface area contributed by atoms with Crippen molar-refractivity contribution in [1.82, 2.24) is 8.61 Å². The van der Waals surface area contributed by atoms with Crippen LogP contribution in [0, 0.1) is 5.92 Å². The standard InChI is InChI=1S/C13H27N3O2S/c1-12-6-9-15(10-7-12)19(17,18)16-8-4-2-3-5-13(16)11-14/h12-13H,2-11,14H2,1H3. The van der Waals surface area contributed by atoms with Gasteiger partial charge in [0.15, 0.2) is 0 Å². The minimum Gasteiger partial charge on any atom is -0.329 e.